The molecule has 7 heteroatoms. The number of hydrogen-bond donors (Lipinski definition) is 1. The first-order valence-corrected chi connectivity index (χ1v) is 7.63. The molecule has 0 saturated heterocycles. The van der Waals surface area contributed by atoms with Crippen molar-refractivity contribution >= 4 is 5.97 Å². The van der Waals surface area contributed by atoms with Gasteiger partial charge in [0.1, 0.15) is 0 Å². The zero-order valence-electron chi connectivity index (χ0n) is 13.3. The Morgan fingerprint density at radius 2 is 1.91 bits per heavy atom. The number of H-pyrrole nitrogens is 1. The smallest absolute Gasteiger partial charge is 0.351 e. The third-order valence-corrected chi connectivity index (χ3v) is 3.48. The number of ether oxygens (including phenoxy) is 1. The highest BCUT2D eigenvalue weighted by Gasteiger charge is 2.11. The third-order valence-electron chi connectivity index (χ3n) is 3.48. The van der Waals surface area contributed by atoms with E-state index in [1.54, 1.807) is 24.3 Å². The van der Waals surface area contributed by atoms with Crippen LogP contribution in [0.4, 0.5) is 0 Å². The SMILES string of the molecule is CC(=O)O[C@@H](C)CCCCn1[nH]c(=O)n(-c2ccccc2)c1=O. The summed E-state index contributed by atoms with van der Waals surface area (Å²) in [5.74, 6) is -0.294. The normalized spacial score (nSPS) is 12.1. The van der Waals surface area contributed by atoms with Crippen molar-refractivity contribution in [1.82, 2.24) is 14.3 Å². The van der Waals surface area contributed by atoms with Crippen molar-refractivity contribution in [3.8, 4) is 5.69 Å². The lowest BCUT2D eigenvalue weighted by atomic mass is 10.2. The quantitative estimate of drug-likeness (QED) is 0.618. The molecular formula is C16H21N3O4. The van der Waals surface area contributed by atoms with E-state index in [1.165, 1.54) is 11.6 Å². The van der Waals surface area contributed by atoms with Gasteiger partial charge in [-0.15, -0.1) is 0 Å². The number of nitrogens with zero attached hydrogens (tertiary/aromatic N) is 2. The summed E-state index contributed by atoms with van der Waals surface area (Å²) >= 11 is 0. The van der Waals surface area contributed by atoms with Crippen LogP contribution in [-0.4, -0.2) is 26.4 Å². The predicted octanol–water partition coefficient (Wildman–Crippen LogP) is 1.45. The molecule has 0 radical (unpaired) electrons. The average molecular weight is 319 g/mol. The van der Waals surface area contributed by atoms with E-state index in [0.717, 1.165) is 17.4 Å². The topological polar surface area (TPSA) is 86.1 Å². The van der Waals surface area contributed by atoms with Crippen LogP contribution in [0.1, 0.15) is 33.1 Å². The van der Waals surface area contributed by atoms with Crippen molar-refractivity contribution in [2.75, 3.05) is 0 Å². The number of aryl methyl sites for hydroxylation is 1. The van der Waals surface area contributed by atoms with Gasteiger partial charge in [0.2, 0.25) is 0 Å². The summed E-state index contributed by atoms with van der Waals surface area (Å²) in [5, 5.41) is 2.56. The lowest BCUT2D eigenvalue weighted by molar-refractivity contribution is -0.145. The molecule has 0 unspecified atom stereocenters. The summed E-state index contributed by atoms with van der Waals surface area (Å²) in [6, 6.07) is 8.79. The van der Waals surface area contributed by atoms with Crippen molar-refractivity contribution < 1.29 is 9.53 Å². The number of aromatic amines is 1. The number of aromatic nitrogens is 3. The Kier molecular flexibility index (Phi) is 5.56. The summed E-state index contributed by atoms with van der Waals surface area (Å²) in [5.41, 5.74) is -0.287. The molecular weight excluding hydrogens is 298 g/mol. The van der Waals surface area contributed by atoms with E-state index in [9.17, 15) is 14.4 Å². The molecule has 0 aliphatic carbocycles. The number of hydrogen-bond acceptors (Lipinski definition) is 4. The molecule has 2 aromatic rings. The molecule has 1 aromatic carbocycles. The van der Waals surface area contributed by atoms with Crippen LogP contribution in [0.15, 0.2) is 39.9 Å². The van der Waals surface area contributed by atoms with Crippen LogP contribution in [0.2, 0.25) is 0 Å². The Bertz CT molecular complexity index is 758. The van der Waals surface area contributed by atoms with Crippen molar-refractivity contribution in [3.63, 3.8) is 0 Å². The van der Waals surface area contributed by atoms with E-state index in [-0.39, 0.29) is 17.8 Å². The Balaban J connectivity index is 1.96. The fourth-order valence-corrected chi connectivity index (χ4v) is 2.42. The van der Waals surface area contributed by atoms with Crippen LogP contribution < -0.4 is 11.4 Å². The third kappa shape index (κ3) is 4.45. The van der Waals surface area contributed by atoms with Crippen LogP contribution in [0.25, 0.3) is 5.69 Å². The zero-order chi connectivity index (χ0) is 16.8. The molecule has 0 aliphatic heterocycles. The van der Waals surface area contributed by atoms with Crippen LogP contribution in [0.5, 0.6) is 0 Å². The Morgan fingerprint density at radius 1 is 1.22 bits per heavy atom. The van der Waals surface area contributed by atoms with E-state index >= 15 is 0 Å². The largest absolute Gasteiger partial charge is 0.463 e. The summed E-state index contributed by atoms with van der Waals surface area (Å²) in [7, 11) is 0. The van der Waals surface area contributed by atoms with E-state index in [1.807, 2.05) is 13.0 Å². The average Bonchev–Trinajstić information content (AvgIpc) is 2.78. The summed E-state index contributed by atoms with van der Waals surface area (Å²) in [6.45, 7) is 3.63. The molecule has 1 aromatic heterocycles. The number of carbonyl (C=O) groups is 1. The van der Waals surface area contributed by atoms with Gasteiger partial charge in [-0.2, -0.15) is 0 Å². The maximum Gasteiger partial charge on any atom is 0.351 e. The molecule has 23 heavy (non-hydrogen) atoms. The minimum absolute atomic E-state index is 0.141. The molecule has 0 aliphatic rings. The van der Waals surface area contributed by atoms with Gasteiger partial charge in [0.05, 0.1) is 11.8 Å². The minimum atomic E-state index is -0.450. The van der Waals surface area contributed by atoms with E-state index in [0.29, 0.717) is 18.7 Å². The first-order valence-electron chi connectivity index (χ1n) is 7.63. The van der Waals surface area contributed by atoms with Gasteiger partial charge in [-0.3, -0.25) is 4.79 Å². The first kappa shape index (κ1) is 16.8. The maximum absolute atomic E-state index is 12.3. The number of benzene rings is 1. The molecule has 0 saturated carbocycles. The van der Waals surface area contributed by atoms with Gasteiger partial charge in [0.15, 0.2) is 0 Å². The van der Waals surface area contributed by atoms with Crippen LogP contribution >= 0.6 is 0 Å². The van der Waals surface area contributed by atoms with Gasteiger partial charge in [-0.25, -0.2) is 23.9 Å². The van der Waals surface area contributed by atoms with Crippen molar-refractivity contribution in [2.24, 2.45) is 0 Å². The molecule has 2 rings (SSSR count). The van der Waals surface area contributed by atoms with Gasteiger partial charge in [-0.05, 0) is 38.3 Å². The lowest BCUT2D eigenvalue weighted by Crippen LogP contribution is -2.27. The molecule has 0 amide bonds. The van der Waals surface area contributed by atoms with Gasteiger partial charge in [0, 0.05) is 13.5 Å². The van der Waals surface area contributed by atoms with E-state index < -0.39 is 5.69 Å². The van der Waals surface area contributed by atoms with Crippen molar-refractivity contribution in [2.45, 2.75) is 45.8 Å². The van der Waals surface area contributed by atoms with Crippen LogP contribution in [0, 0.1) is 0 Å². The van der Waals surface area contributed by atoms with Gasteiger partial charge in [0.25, 0.3) is 0 Å². The molecule has 1 heterocycles. The molecule has 1 atom stereocenters. The molecule has 124 valence electrons. The molecule has 0 spiro atoms. The fraction of sp³-hybridized carbons (Fsp3) is 0.438. The number of carbonyl (C=O) groups excluding carboxylic acids is 1. The highest BCUT2D eigenvalue weighted by molar-refractivity contribution is 5.66. The fourth-order valence-electron chi connectivity index (χ4n) is 2.42. The van der Waals surface area contributed by atoms with Crippen molar-refractivity contribution in [1.29, 1.82) is 0 Å². The summed E-state index contributed by atoms with van der Waals surface area (Å²) < 4.78 is 7.46. The van der Waals surface area contributed by atoms with Crippen molar-refractivity contribution in [3.05, 3.63) is 51.3 Å². The summed E-state index contributed by atoms with van der Waals surface area (Å²) in [6.07, 6.45) is 2.08. The van der Waals surface area contributed by atoms with Crippen LogP contribution in [0.3, 0.4) is 0 Å². The summed E-state index contributed by atoms with van der Waals surface area (Å²) in [4.78, 5) is 35.1. The highest BCUT2D eigenvalue weighted by Crippen LogP contribution is 2.05. The monoisotopic (exact) mass is 319 g/mol. The minimum Gasteiger partial charge on any atom is -0.463 e. The number of esters is 1. The first-order chi connectivity index (χ1) is 11.0. The van der Waals surface area contributed by atoms with E-state index in [4.69, 9.17) is 4.74 Å². The second-order valence-corrected chi connectivity index (χ2v) is 5.44. The standard InChI is InChI=1S/C16H21N3O4/c1-12(23-13(2)20)8-6-7-11-18-16(22)19(15(21)17-18)14-9-4-3-5-10-14/h3-5,9-10,12H,6-8,11H2,1-2H3,(H,17,21)/t12-/m0/s1. The Morgan fingerprint density at radius 3 is 2.57 bits per heavy atom. The number of unbranched alkanes of at least 4 members (excludes halogenated alkanes) is 1. The van der Waals surface area contributed by atoms with Gasteiger partial charge < -0.3 is 4.74 Å². The zero-order valence-corrected chi connectivity index (χ0v) is 13.3. The molecule has 7 nitrogen and oxygen atoms in total. The Hall–Kier alpha value is -2.57. The molecule has 1 N–H and O–H groups in total. The second kappa shape index (κ2) is 7.62. The lowest BCUT2D eigenvalue weighted by Gasteiger charge is -2.11. The number of para-hydroxylation sites is 1. The van der Waals surface area contributed by atoms with Gasteiger partial charge >= 0.3 is 17.3 Å². The van der Waals surface area contributed by atoms with E-state index in [2.05, 4.69) is 5.10 Å². The van der Waals surface area contributed by atoms with Crippen LogP contribution in [-0.2, 0) is 16.1 Å². The highest BCUT2D eigenvalue weighted by atomic mass is 16.5. The maximum atomic E-state index is 12.3. The number of rotatable bonds is 7. The molecule has 0 bridgehead atoms. The number of nitrogens with one attached hydrogen (secondary N) is 1. The Labute approximate surface area is 133 Å². The second-order valence-electron chi connectivity index (χ2n) is 5.44. The van der Waals surface area contributed by atoms with Gasteiger partial charge in [-0.1, -0.05) is 18.2 Å². The predicted molar refractivity (Wildman–Crippen MR) is 85.7 cm³/mol. The molecule has 0 fully saturated rings.